The molecule has 2 aromatic heterocycles. The Bertz CT molecular complexity index is 1320. The zero-order valence-corrected chi connectivity index (χ0v) is 20.7. The number of benzene rings is 2. The summed E-state index contributed by atoms with van der Waals surface area (Å²) in [4.78, 5) is 18.6. The Morgan fingerprint density at radius 1 is 1.09 bits per heavy atom. The zero-order valence-electron chi connectivity index (χ0n) is 20.7. The van der Waals surface area contributed by atoms with Crippen molar-refractivity contribution in [2.24, 2.45) is 0 Å². The number of nitrogens with zero attached hydrogens (tertiary/aromatic N) is 5. The largest absolute Gasteiger partial charge is 0.322 e. The van der Waals surface area contributed by atoms with Gasteiger partial charge >= 0.3 is 0 Å². The third kappa shape index (κ3) is 5.20. The quantitative estimate of drug-likeness (QED) is 0.350. The molecule has 1 N–H and O–H groups in total. The predicted molar refractivity (Wildman–Crippen MR) is 138 cm³/mol. The number of tetrazole rings is 1. The van der Waals surface area contributed by atoms with E-state index in [0.29, 0.717) is 19.1 Å². The molecule has 0 radical (unpaired) electrons. The number of aryl methyl sites for hydroxylation is 1. The van der Waals surface area contributed by atoms with E-state index in [1.165, 1.54) is 24.0 Å². The molecular weight excluding hydrogens is 436 g/mol. The van der Waals surface area contributed by atoms with Crippen LogP contribution in [0.2, 0.25) is 0 Å². The summed E-state index contributed by atoms with van der Waals surface area (Å²) < 4.78 is 2.07. The van der Waals surface area contributed by atoms with Gasteiger partial charge in [-0.2, -0.15) is 0 Å². The van der Waals surface area contributed by atoms with Crippen LogP contribution in [0.5, 0.6) is 0 Å². The molecule has 1 aliphatic carbocycles. The van der Waals surface area contributed by atoms with Gasteiger partial charge in [0, 0.05) is 24.2 Å². The average Bonchev–Trinajstić information content (AvgIpc) is 3.56. The molecule has 0 spiro atoms. The molecule has 182 valence electrons. The van der Waals surface area contributed by atoms with Gasteiger partial charge in [-0.05, 0) is 65.8 Å². The molecule has 0 bridgehead atoms. The monoisotopic (exact) mass is 470 g/mol. The van der Waals surface area contributed by atoms with Crippen LogP contribution in [-0.2, 0) is 13.1 Å². The minimum Gasteiger partial charge on any atom is -0.322 e. The van der Waals surface area contributed by atoms with Gasteiger partial charge in [0.2, 0.25) is 0 Å². The molecule has 4 aromatic rings. The lowest BCUT2D eigenvalue weighted by Crippen LogP contribution is -2.33. The van der Waals surface area contributed by atoms with Crippen molar-refractivity contribution in [3.8, 4) is 0 Å². The highest BCUT2D eigenvalue weighted by molar-refractivity contribution is 5.79. The Labute approximate surface area is 206 Å². The Kier molecular flexibility index (Phi) is 7.04. The van der Waals surface area contributed by atoms with Crippen molar-refractivity contribution in [3.05, 3.63) is 87.5 Å². The molecule has 1 saturated carbocycles. The fourth-order valence-corrected chi connectivity index (χ4v) is 5.38. The standard InChI is InChI=1S/C28H34N6O/c1-3-9-26(27-30-31-32-34(27)24-12-7-8-13-24)33(18-21-10-5-4-6-11-21)19-23-17-22-16-20(2)14-15-25(22)29-28(23)35/h4-6,10-11,14-17,24,26H,3,7-9,12-13,18-19H2,1-2H3,(H,29,35)/t26-/m0/s1. The van der Waals surface area contributed by atoms with Gasteiger partial charge < -0.3 is 4.98 Å². The molecular formula is C28H34N6O. The highest BCUT2D eigenvalue weighted by atomic mass is 16.1. The molecule has 2 aromatic carbocycles. The van der Waals surface area contributed by atoms with Crippen LogP contribution < -0.4 is 5.56 Å². The summed E-state index contributed by atoms with van der Waals surface area (Å²) in [5.74, 6) is 0.919. The van der Waals surface area contributed by atoms with Gasteiger partial charge in [-0.15, -0.1) is 5.10 Å². The first kappa shape index (κ1) is 23.4. The second kappa shape index (κ2) is 10.5. The summed E-state index contributed by atoms with van der Waals surface area (Å²) in [7, 11) is 0. The van der Waals surface area contributed by atoms with Gasteiger partial charge in [0.05, 0.1) is 12.1 Å². The number of hydrogen-bond donors (Lipinski definition) is 1. The number of nitrogens with one attached hydrogen (secondary N) is 1. The molecule has 0 unspecified atom stereocenters. The van der Waals surface area contributed by atoms with E-state index >= 15 is 0 Å². The van der Waals surface area contributed by atoms with E-state index in [2.05, 4.69) is 74.3 Å². The third-order valence-corrected chi connectivity index (χ3v) is 7.17. The lowest BCUT2D eigenvalue weighted by molar-refractivity contribution is 0.153. The zero-order chi connectivity index (χ0) is 24.2. The molecule has 7 heteroatoms. The van der Waals surface area contributed by atoms with Gasteiger partial charge in [0.1, 0.15) is 0 Å². The van der Waals surface area contributed by atoms with Crippen molar-refractivity contribution >= 4 is 10.9 Å². The molecule has 0 aliphatic heterocycles. The Morgan fingerprint density at radius 3 is 2.66 bits per heavy atom. The Morgan fingerprint density at radius 2 is 1.89 bits per heavy atom. The number of pyridine rings is 1. The molecule has 1 atom stereocenters. The average molecular weight is 471 g/mol. The number of H-pyrrole nitrogens is 1. The van der Waals surface area contributed by atoms with Crippen molar-refractivity contribution in [1.29, 1.82) is 0 Å². The number of aromatic nitrogens is 5. The lowest BCUT2D eigenvalue weighted by Gasteiger charge is -2.31. The SMILES string of the molecule is CCC[C@@H](c1nnnn1C1CCCC1)N(Cc1ccccc1)Cc1cc2cc(C)ccc2[nH]c1=O. The molecule has 7 nitrogen and oxygen atoms in total. The van der Waals surface area contributed by atoms with E-state index < -0.39 is 0 Å². The normalized spacial score (nSPS) is 15.3. The fraction of sp³-hybridized carbons (Fsp3) is 0.429. The van der Waals surface area contributed by atoms with Crippen LogP contribution in [0.15, 0.2) is 59.4 Å². The second-order valence-electron chi connectivity index (χ2n) is 9.83. The van der Waals surface area contributed by atoms with Crippen LogP contribution in [-0.4, -0.2) is 30.1 Å². The van der Waals surface area contributed by atoms with Crippen molar-refractivity contribution in [2.75, 3.05) is 0 Å². The first-order chi connectivity index (χ1) is 17.1. The maximum absolute atomic E-state index is 13.1. The van der Waals surface area contributed by atoms with Crippen LogP contribution >= 0.6 is 0 Å². The van der Waals surface area contributed by atoms with Crippen LogP contribution in [0.1, 0.15) is 80.0 Å². The third-order valence-electron chi connectivity index (χ3n) is 7.17. The Hall–Kier alpha value is -3.32. The smallest absolute Gasteiger partial charge is 0.252 e. The molecule has 0 amide bonds. The summed E-state index contributed by atoms with van der Waals surface area (Å²) in [5, 5.41) is 14.1. The van der Waals surface area contributed by atoms with Gasteiger partial charge in [-0.1, -0.05) is 68.1 Å². The van der Waals surface area contributed by atoms with Crippen molar-refractivity contribution in [3.63, 3.8) is 0 Å². The first-order valence-corrected chi connectivity index (χ1v) is 12.8. The van der Waals surface area contributed by atoms with Gasteiger partial charge in [-0.25, -0.2) is 4.68 Å². The molecule has 35 heavy (non-hydrogen) atoms. The predicted octanol–water partition coefficient (Wildman–Crippen LogP) is 5.48. The van der Waals surface area contributed by atoms with E-state index in [1.54, 1.807) is 0 Å². The van der Waals surface area contributed by atoms with Crippen molar-refractivity contribution in [1.82, 2.24) is 30.1 Å². The molecule has 5 rings (SSSR count). The van der Waals surface area contributed by atoms with Gasteiger partial charge in [0.15, 0.2) is 5.82 Å². The lowest BCUT2D eigenvalue weighted by atomic mass is 10.0. The van der Waals surface area contributed by atoms with Crippen molar-refractivity contribution < 1.29 is 0 Å². The summed E-state index contributed by atoms with van der Waals surface area (Å²) >= 11 is 0. The van der Waals surface area contributed by atoms with E-state index in [-0.39, 0.29) is 11.6 Å². The Balaban J connectivity index is 1.55. The highest BCUT2D eigenvalue weighted by Gasteiger charge is 2.30. The van der Waals surface area contributed by atoms with E-state index in [4.69, 9.17) is 0 Å². The summed E-state index contributed by atoms with van der Waals surface area (Å²) in [6.07, 6.45) is 6.62. The van der Waals surface area contributed by atoms with Gasteiger partial charge in [-0.3, -0.25) is 9.69 Å². The number of rotatable bonds is 9. The maximum Gasteiger partial charge on any atom is 0.252 e. The fourth-order valence-electron chi connectivity index (χ4n) is 5.38. The summed E-state index contributed by atoms with van der Waals surface area (Å²) in [6, 6.07) is 19.0. The molecule has 1 fully saturated rings. The highest BCUT2D eigenvalue weighted by Crippen LogP contribution is 2.34. The van der Waals surface area contributed by atoms with Crippen LogP contribution in [0.4, 0.5) is 0 Å². The molecule has 1 aliphatic rings. The topological polar surface area (TPSA) is 79.7 Å². The number of fused-ring (bicyclic) bond motifs is 1. The van der Waals surface area contributed by atoms with Crippen LogP contribution in [0.3, 0.4) is 0 Å². The molecule has 2 heterocycles. The summed E-state index contributed by atoms with van der Waals surface area (Å²) in [6.45, 7) is 5.51. The minimum atomic E-state index is -0.0370. The van der Waals surface area contributed by atoms with Crippen molar-refractivity contribution in [2.45, 2.75) is 77.5 Å². The number of hydrogen-bond acceptors (Lipinski definition) is 5. The van der Waals surface area contributed by atoms with Crippen LogP contribution in [0, 0.1) is 6.92 Å². The summed E-state index contributed by atoms with van der Waals surface area (Å²) in [5.41, 5.74) is 3.98. The minimum absolute atomic E-state index is 0.0170. The van der Waals surface area contributed by atoms with Crippen LogP contribution in [0.25, 0.3) is 10.9 Å². The first-order valence-electron chi connectivity index (χ1n) is 12.8. The molecule has 0 saturated heterocycles. The van der Waals surface area contributed by atoms with E-state index in [0.717, 1.165) is 48.0 Å². The van der Waals surface area contributed by atoms with E-state index in [1.807, 2.05) is 24.3 Å². The maximum atomic E-state index is 13.1. The second-order valence-corrected chi connectivity index (χ2v) is 9.83. The van der Waals surface area contributed by atoms with E-state index in [9.17, 15) is 4.79 Å². The number of aromatic amines is 1. The van der Waals surface area contributed by atoms with Gasteiger partial charge in [0.25, 0.3) is 5.56 Å².